The van der Waals surface area contributed by atoms with E-state index in [1.807, 2.05) is 29.8 Å². The first kappa shape index (κ1) is 12.8. The van der Waals surface area contributed by atoms with Crippen LogP contribution < -0.4 is 15.2 Å². The smallest absolute Gasteiger partial charge is 0.161 e. The van der Waals surface area contributed by atoms with Gasteiger partial charge in [-0.2, -0.15) is 0 Å². The molecular formula is C15H19N3O2. The van der Waals surface area contributed by atoms with E-state index in [1.165, 1.54) is 0 Å². The van der Waals surface area contributed by atoms with Gasteiger partial charge in [-0.1, -0.05) is 6.92 Å². The summed E-state index contributed by atoms with van der Waals surface area (Å²) in [7, 11) is 1.94. The van der Waals surface area contributed by atoms with Crippen molar-refractivity contribution in [2.75, 3.05) is 18.9 Å². The van der Waals surface area contributed by atoms with Crippen molar-refractivity contribution in [1.29, 1.82) is 0 Å². The van der Waals surface area contributed by atoms with Gasteiger partial charge in [0, 0.05) is 25.5 Å². The molecule has 0 amide bonds. The minimum atomic E-state index is 0.675. The normalized spacial score (nSPS) is 14.1. The number of aromatic nitrogens is 2. The second-order valence-electron chi connectivity index (χ2n) is 4.89. The molecule has 3 rings (SSSR count). The monoisotopic (exact) mass is 273 g/mol. The number of imidazole rings is 1. The first-order chi connectivity index (χ1) is 9.70. The van der Waals surface area contributed by atoms with Crippen molar-refractivity contribution in [3.8, 4) is 22.8 Å². The molecule has 5 heteroatoms. The molecule has 0 fully saturated rings. The molecule has 2 heterocycles. The van der Waals surface area contributed by atoms with Crippen LogP contribution in [0.4, 0.5) is 5.82 Å². The average Bonchev–Trinajstić information content (AvgIpc) is 2.66. The standard InChI is InChI=1S/C15H19N3O2/c1-3-13-17-14(15(16)18(13)2)10-5-6-11-12(9-10)20-8-4-7-19-11/h5-6,9H,3-4,7-8,16H2,1-2H3. The van der Waals surface area contributed by atoms with Gasteiger partial charge in [-0.3, -0.25) is 0 Å². The Labute approximate surface area is 118 Å². The van der Waals surface area contributed by atoms with E-state index in [1.54, 1.807) is 0 Å². The molecule has 1 aromatic carbocycles. The van der Waals surface area contributed by atoms with Crippen molar-refractivity contribution in [1.82, 2.24) is 9.55 Å². The molecule has 1 aromatic heterocycles. The lowest BCUT2D eigenvalue weighted by Gasteiger charge is -2.08. The van der Waals surface area contributed by atoms with Crippen LogP contribution in [-0.2, 0) is 13.5 Å². The first-order valence-corrected chi connectivity index (χ1v) is 6.91. The minimum Gasteiger partial charge on any atom is -0.490 e. The highest BCUT2D eigenvalue weighted by Gasteiger charge is 2.16. The minimum absolute atomic E-state index is 0.675. The van der Waals surface area contributed by atoms with Crippen LogP contribution in [0, 0.1) is 0 Å². The van der Waals surface area contributed by atoms with Crippen LogP contribution in [0.1, 0.15) is 19.2 Å². The summed E-state index contributed by atoms with van der Waals surface area (Å²) < 4.78 is 13.3. The van der Waals surface area contributed by atoms with Crippen molar-refractivity contribution in [2.45, 2.75) is 19.8 Å². The Morgan fingerprint density at radius 1 is 1.25 bits per heavy atom. The van der Waals surface area contributed by atoms with Crippen molar-refractivity contribution in [3.63, 3.8) is 0 Å². The Bertz CT molecular complexity index is 634. The molecule has 0 saturated carbocycles. The van der Waals surface area contributed by atoms with E-state index < -0.39 is 0 Å². The number of aryl methyl sites for hydroxylation is 1. The summed E-state index contributed by atoms with van der Waals surface area (Å²) in [6.07, 6.45) is 1.75. The second-order valence-corrected chi connectivity index (χ2v) is 4.89. The zero-order chi connectivity index (χ0) is 14.1. The first-order valence-electron chi connectivity index (χ1n) is 6.91. The van der Waals surface area contributed by atoms with Gasteiger partial charge in [-0.05, 0) is 18.2 Å². The molecule has 0 unspecified atom stereocenters. The van der Waals surface area contributed by atoms with Gasteiger partial charge < -0.3 is 19.8 Å². The van der Waals surface area contributed by atoms with Crippen molar-refractivity contribution >= 4 is 5.82 Å². The van der Waals surface area contributed by atoms with Crippen molar-refractivity contribution in [3.05, 3.63) is 24.0 Å². The van der Waals surface area contributed by atoms with Crippen LogP contribution in [0.15, 0.2) is 18.2 Å². The van der Waals surface area contributed by atoms with E-state index in [-0.39, 0.29) is 0 Å². The van der Waals surface area contributed by atoms with E-state index >= 15 is 0 Å². The molecule has 0 atom stereocenters. The Morgan fingerprint density at radius 3 is 2.70 bits per heavy atom. The van der Waals surface area contributed by atoms with Gasteiger partial charge in [0.05, 0.1) is 13.2 Å². The van der Waals surface area contributed by atoms with Crippen LogP contribution in [0.5, 0.6) is 11.5 Å². The van der Waals surface area contributed by atoms with E-state index in [4.69, 9.17) is 15.2 Å². The van der Waals surface area contributed by atoms with Crippen LogP contribution in [0.2, 0.25) is 0 Å². The van der Waals surface area contributed by atoms with Crippen LogP contribution in [0.3, 0.4) is 0 Å². The number of nitrogen functional groups attached to an aromatic ring is 1. The number of nitrogens with zero attached hydrogens (tertiary/aromatic N) is 2. The maximum atomic E-state index is 6.15. The molecule has 1 aliphatic heterocycles. The summed E-state index contributed by atoms with van der Waals surface area (Å²) in [5, 5.41) is 0. The van der Waals surface area contributed by atoms with Gasteiger partial charge in [-0.25, -0.2) is 4.98 Å². The molecule has 0 aliphatic carbocycles. The van der Waals surface area contributed by atoms with Crippen molar-refractivity contribution < 1.29 is 9.47 Å². The third-order valence-electron chi connectivity index (χ3n) is 3.57. The molecule has 1 aliphatic rings. The van der Waals surface area contributed by atoms with Gasteiger partial charge in [0.1, 0.15) is 17.3 Å². The van der Waals surface area contributed by atoms with Gasteiger partial charge >= 0.3 is 0 Å². The quantitative estimate of drug-likeness (QED) is 0.912. The van der Waals surface area contributed by atoms with Gasteiger partial charge in [0.2, 0.25) is 0 Å². The van der Waals surface area contributed by atoms with Crippen LogP contribution >= 0.6 is 0 Å². The highest BCUT2D eigenvalue weighted by molar-refractivity contribution is 5.73. The molecule has 0 spiro atoms. The number of hydrogen-bond acceptors (Lipinski definition) is 4. The summed E-state index contributed by atoms with van der Waals surface area (Å²) in [6.45, 7) is 3.44. The van der Waals surface area contributed by atoms with Gasteiger partial charge in [-0.15, -0.1) is 0 Å². The number of fused-ring (bicyclic) bond motifs is 1. The van der Waals surface area contributed by atoms with E-state index in [0.29, 0.717) is 19.0 Å². The highest BCUT2D eigenvalue weighted by Crippen LogP contribution is 2.35. The summed E-state index contributed by atoms with van der Waals surface area (Å²) in [5.74, 6) is 3.21. The molecule has 0 radical (unpaired) electrons. The maximum Gasteiger partial charge on any atom is 0.161 e. The number of nitrogens with two attached hydrogens (primary N) is 1. The fourth-order valence-corrected chi connectivity index (χ4v) is 2.40. The summed E-state index contributed by atoms with van der Waals surface area (Å²) in [5.41, 5.74) is 7.91. The van der Waals surface area contributed by atoms with Crippen molar-refractivity contribution in [2.24, 2.45) is 7.05 Å². The topological polar surface area (TPSA) is 62.3 Å². The lowest BCUT2D eigenvalue weighted by molar-refractivity contribution is 0.297. The fourth-order valence-electron chi connectivity index (χ4n) is 2.40. The average molecular weight is 273 g/mol. The fraction of sp³-hybridized carbons (Fsp3) is 0.400. The largest absolute Gasteiger partial charge is 0.490 e. The van der Waals surface area contributed by atoms with Gasteiger partial charge in [0.25, 0.3) is 0 Å². The van der Waals surface area contributed by atoms with Crippen LogP contribution in [-0.4, -0.2) is 22.8 Å². The molecule has 5 nitrogen and oxygen atoms in total. The number of ether oxygens (including phenoxy) is 2. The van der Waals surface area contributed by atoms with E-state index in [2.05, 4.69) is 11.9 Å². The molecule has 0 bridgehead atoms. The highest BCUT2D eigenvalue weighted by atomic mass is 16.5. The van der Waals surface area contributed by atoms with E-state index in [0.717, 1.165) is 41.4 Å². The number of anilines is 1. The molecule has 0 saturated heterocycles. The Morgan fingerprint density at radius 2 is 2.00 bits per heavy atom. The van der Waals surface area contributed by atoms with Crippen LogP contribution in [0.25, 0.3) is 11.3 Å². The lowest BCUT2D eigenvalue weighted by atomic mass is 10.1. The zero-order valence-corrected chi connectivity index (χ0v) is 11.8. The Kier molecular flexibility index (Phi) is 3.26. The van der Waals surface area contributed by atoms with Gasteiger partial charge in [0.15, 0.2) is 11.5 Å². The Balaban J connectivity index is 2.04. The van der Waals surface area contributed by atoms with E-state index in [9.17, 15) is 0 Å². The Hall–Kier alpha value is -2.17. The number of hydrogen-bond donors (Lipinski definition) is 1. The second kappa shape index (κ2) is 5.07. The molecule has 106 valence electrons. The lowest BCUT2D eigenvalue weighted by Crippen LogP contribution is -2.00. The number of rotatable bonds is 2. The zero-order valence-electron chi connectivity index (χ0n) is 11.8. The molecule has 2 N–H and O–H groups in total. The molecule has 20 heavy (non-hydrogen) atoms. The molecular weight excluding hydrogens is 254 g/mol. The number of benzene rings is 1. The third kappa shape index (κ3) is 2.09. The SMILES string of the molecule is CCc1nc(-c2ccc3c(c2)OCCCO3)c(N)n1C. The summed E-state index contributed by atoms with van der Waals surface area (Å²) in [4.78, 5) is 4.61. The summed E-state index contributed by atoms with van der Waals surface area (Å²) >= 11 is 0. The predicted molar refractivity (Wildman–Crippen MR) is 78.0 cm³/mol. The molecule has 2 aromatic rings. The summed E-state index contributed by atoms with van der Waals surface area (Å²) in [6, 6.07) is 5.86. The predicted octanol–water partition coefficient (Wildman–Crippen LogP) is 2.39. The maximum absolute atomic E-state index is 6.15. The third-order valence-corrected chi connectivity index (χ3v) is 3.57.